The Morgan fingerprint density at radius 2 is 1.26 bits per heavy atom. The standard InChI is InChI=1S/C37H71N2O6P/c1-6-8-10-12-14-16-17-18-19-20-21-23-25-27-29-31-37(41)38-35(34-45-46(42,43)44-33-32-39(3,4)5)36(40)30-28-26-24-22-15-13-11-9-7-2/h18-19,24,26,28,30,35-36,40H,6-17,20-23,25,27,29,31-34H2,1-5H3,(H-,38,41,42,43)/b19-18+,26-24+,30-28+/t35-,36+/m0/s1. The first kappa shape index (κ1) is 44.7. The summed E-state index contributed by atoms with van der Waals surface area (Å²) in [7, 11) is 1.22. The summed E-state index contributed by atoms with van der Waals surface area (Å²) in [5.41, 5.74) is 0. The quantitative estimate of drug-likeness (QED) is 0.0244. The van der Waals surface area contributed by atoms with Crippen molar-refractivity contribution in [3.63, 3.8) is 0 Å². The number of carbonyl (C=O) groups excluding carboxylic acids is 1. The number of hydrogen-bond donors (Lipinski definition) is 2. The Morgan fingerprint density at radius 3 is 1.80 bits per heavy atom. The number of allylic oxidation sites excluding steroid dienone is 5. The number of nitrogens with one attached hydrogen (secondary N) is 1. The van der Waals surface area contributed by atoms with Crippen LogP contribution in [0.3, 0.4) is 0 Å². The highest BCUT2D eigenvalue weighted by molar-refractivity contribution is 7.45. The molecular formula is C37H71N2O6P. The zero-order valence-corrected chi connectivity index (χ0v) is 31.2. The van der Waals surface area contributed by atoms with Crippen LogP contribution < -0.4 is 10.2 Å². The summed E-state index contributed by atoms with van der Waals surface area (Å²) in [4.78, 5) is 25.0. The Balaban J connectivity index is 4.57. The maximum atomic E-state index is 12.7. The molecule has 8 nitrogen and oxygen atoms in total. The normalized spacial score (nSPS) is 15.2. The van der Waals surface area contributed by atoms with Gasteiger partial charge in [-0.1, -0.05) is 127 Å². The number of carbonyl (C=O) groups is 1. The molecule has 0 spiro atoms. The molecule has 0 fully saturated rings. The summed E-state index contributed by atoms with van der Waals surface area (Å²) < 4.78 is 23.0. The van der Waals surface area contributed by atoms with Gasteiger partial charge < -0.3 is 28.8 Å². The summed E-state index contributed by atoms with van der Waals surface area (Å²) in [5.74, 6) is -0.229. The number of phosphoric acid groups is 1. The zero-order chi connectivity index (χ0) is 34.4. The summed E-state index contributed by atoms with van der Waals surface area (Å²) in [6, 6.07) is -0.918. The Morgan fingerprint density at radius 1 is 0.761 bits per heavy atom. The number of likely N-dealkylation sites (N-methyl/N-ethyl adjacent to an activating group) is 1. The lowest BCUT2D eigenvalue weighted by atomic mass is 10.1. The van der Waals surface area contributed by atoms with Crippen LogP contribution in [0.15, 0.2) is 36.5 Å². The molecule has 0 saturated heterocycles. The largest absolute Gasteiger partial charge is 0.756 e. The molecule has 0 radical (unpaired) electrons. The van der Waals surface area contributed by atoms with Gasteiger partial charge in [0.15, 0.2) is 0 Å². The second kappa shape index (κ2) is 29.8. The van der Waals surface area contributed by atoms with Crippen molar-refractivity contribution >= 4 is 13.7 Å². The van der Waals surface area contributed by atoms with Crippen molar-refractivity contribution in [2.24, 2.45) is 0 Å². The average molecular weight is 671 g/mol. The number of amides is 1. The van der Waals surface area contributed by atoms with Crippen LogP contribution in [0.5, 0.6) is 0 Å². The van der Waals surface area contributed by atoms with Gasteiger partial charge in [-0.25, -0.2) is 0 Å². The number of rotatable bonds is 32. The monoisotopic (exact) mass is 671 g/mol. The molecule has 0 aliphatic carbocycles. The van der Waals surface area contributed by atoms with E-state index in [2.05, 4.69) is 37.4 Å². The van der Waals surface area contributed by atoms with Gasteiger partial charge in [-0.2, -0.15) is 0 Å². The highest BCUT2D eigenvalue weighted by Crippen LogP contribution is 2.38. The molecule has 0 aromatic carbocycles. The molecule has 270 valence electrons. The molecule has 0 aliphatic rings. The minimum Gasteiger partial charge on any atom is -0.756 e. The molecule has 0 aromatic heterocycles. The van der Waals surface area contributed by atoms with Gasteiger partial charge in [0.25, 0.3) is 7.82 Å². The van der Waals surface area contributed by atoms with Gasteiger partial charge in [0.1, 0.15) is 13.2 Å². The molecule has 0 aromatic rings. The second-order valence-electron chi connectivity index (χ2n) is 13.6. The minimum atomic E-state index is -4.59. The molecule has 0 aliphatic heterocycles. The van der Waals surface area contributed by atoms with E-state index in [0.29, 0.717) is 17.4 Å². The van der Waals surface area contributed by atoms with Crippen molar-refractivity contribution in [3.8, 4) is 0 Å². The predicted octanol–water partition coefficient (Wildman–Crippen LogP) is 8.55. The fraction of sp³-hybridized carbons (Fsp3) is 0.811. The van der Waals surface area contributed by atoms with Gasteiger partial charge >= 0.3 is 0 Å². The van der Waals surface area contributed by atoms with Gasteiger partial charge in [-0.3, -0.25) is 9.36 Å². The maximum Gasteiger partial charge on any atom is 0.268 e. The van der Waals surface area contributed by atoms with E-state index >= 15 is 0 Å². The molecule has 9 heteroatoms. The lowest BCUT2D eigenvalue weighted by molar-refractivity contribution is -0.870. The summed E-state index contributed by atoms with van der Waals surface area (Å²) >= 11 is 0. The number of unbranched alkanes of at least 4 members (excludes halogenated alkanes) is 16. The van der Waals surface area contributed by atoms with Crippen LogP contribution in [0.4, 0.5) is 0 Å². The van der Waals surface area contributed by atoms with E-state index in [4.69, 9.17) is 9.05 Å². The number of nitrogens with zero attached hydrogens (tertiary/aromatic N) is 1. The lowest BCUT2D eigenvalue weighted by Gasteiger charge is -2.29. The third-order valence-corrected chi connectivity index (χ3v) is 8.84. The number of aliphatic hydroxyl groups is 1. The van der Waals surface area contributed by atoms with Crippen LogP contribution in [0.2, 0.25) is 0 Å². The highest BCUT2D eigenvalue weighted by atomic mass is 31.2. The first-order valence-electron chi connectivity index (χ1n) is 18.4. The van der Waals surface area contributed by atoms with E-state index < -0.39 is 26.6 Å². The van der Waals surface area contributed by atoms with Crippen molar-refractivity contribution < 1.29 is 32.9 Å². The number of quaternary nitrogens is 1. The fourth-order valence-corrected chi connectivity index (χ4v) is 5.57. The van der Waals surface area contributed by atoms with Crippen LogP contribution >= 0.6 is 7.82 Å². The van der Waals surface area contributed by atoms with Gasteiger partial charge in [-0.05, 0) is 44.9 Å². The molecule has 2 N–H and O–H groups in total. The summed E-state index contributed by atoms with van der Waals surface area (Å²) in [6.07, 6.45) is 33.5. The smallest absolute Gasteiger partial charge is 0.268 e. The topological polar surface area (TPSA) is 108 Å². The first-order chi connectivity index (χ1) is 22.0. The van der Waals surface area contributed by atoms with Crippen molar-refractivity contribution in [1.82, 2.24) is 5.32 Å². The number of phosphoric ester groups is 1. The van der Waals surface area contributed by atoms with Crippen molar-refractivity contribution in [3.05, 3.63) is 36.5 Å². The van der Waals surface area contributed by atoms with E-state index in [1.807, 2.05) is 27.2 Å². The van der Waals surface area contributed by atoms with Gasteiger partial charge in [0.2, 0.25) is 5.91 Å². The van der Waals surface area contributed by atoms with Gasteiger partial charge in [-0.15, -0.1) is 0 Å². The Kier molecular flexibility index (Phi) is 29.0. The molecule has 1 amide bonds. The Bertz CT molecular complexity index is 855. The van der Waals surface area contributed by atoms with Crippen molar-refractivity contribution in [1.29, 1.82) is 0 Å². The predicted molar refractivity (Wildman–Crippen MR) is 191 cm³/mol. The second-order valence-corrected chi connectivity index (χ2v) is 15.0. The molecular weight excluding hydrogens is 599 g/mol. The molecule has 0 bridgehead atoms. The van der Waals surface area contributed by atoms with Gasteiger partial charge in [0.05, 0.1) is 39.9 Å². The highest BCUT2D eigenvalue weighted by Gasteiger charge is 2.23. The SMILES string of the molecule is CCCCCCC/C=C/C=C/[C@@H](O)[C@H](COP(=O)([O-])OCC[N+](C)(C)C)NC(=O)CCCCCCC/C=C/CCCCCCCC. The molecule has 46 heavy (non-hydrogen) atoms. The van der Waals surface area contributed by atoms with Crippen molar-refractivity contribution in [2.75, 3.05) is 40.9 Å². The third-order valence-electron chi connectivity index (χ3n) is 7.88. The molecule has 1 unspecified atom stereocenters. The Labute approximate surface area is 283 Å². The zero-order valence-electron chi connectivity index (χ0n) is 30.3. The van der Waals surface area contributed by atoms with E-state index in [0.717, 1.165) is 51.4 Å². The third kappa shape index (κ3) is 31.3. The number of hydrogen-bond acceptors (Lipinski definition) is 6. The minimum absolute atomic E-state index is 0.0114. The summed E-state index contributed by atoms with van der Waals surface area (Å²) in [6.45, 7) is 4.52. The lowest BCUT2D eigenvalue weighted by Crippen LogP contribution is -2.45. The van der Waals surface area contributed by atoms with Crippen LogP contribution in [0.25, 0.3) is 0 Å². The van der Waals surface area contributed by atoms with Crippen molar-refractivity contribution in [2.45, 2.75) is 154 Å². The average Bonchev–Trinajstić information content (AvgIpc) is 2.99. The molecule has 0 saturated carbocycles. The van der Waals surface area contributed by atoms with Crippen LogP contribution in [0.1, 0.15) is 142 Å². The van der Waals surface area contributed by atoms with Gasteiger partial charge in [0, 0.05) is 6.42 Å². The molecule has 3 atom stereocenters. The number of aliphatic hydroxyl groups excluding tert-OH is 1. The fourth-order valence-electron chi connectivity index (χ4n) is 4.85. The molecule has 0 rings (SSSR count). The first-order valence-corrected chi connectivity index (χ1v) is 19.8. The molecule has 0 heterocycles. The maximum absolute atomic E-state index is 12.7. The van der Waals surface area contributed by atoms with Crippen LogP contribution in [0, 0.1) is 0 Å². The van der Waals surface area contributed by atoms with Crippen LogP contribution in [-0.4, -0.2) is 68.5 Å². The van der Waals surface area contributed by atoms with E-state index in [1.165, 1.54) is 70.6 Å². The summed E-state index contributed by atoms with van der Waals surface area (Å²) in [5, 5.41) is 13.6. The van der Waals surface area contributed by atoms with Crippen LogP contribution in [-0.2, 0) is 18.4 Å². The van der Waals surface area contributed by atoms with E-state index in [9.17, 15) is 19.4 Å². The van der Waals surface area contributed by atoms with E-state index in [1.54, 1.807) is 12.2 Å². The Hall–Kier alpha value is -1.28. The van der Waals surface area contributed by atoms with E-state index in [-0.39, 0.29) is 12.5 Å².